The van der Waals surface area contributed by atoms with Crippen LogP contribution in [0.2, 0.25) is 0 Å². The van der Waals surface area contributed by atoms with Crippen molar-refractivity contribution in [2.24, 2.45) is 0 Å². The predicted octanol–water partition coefficient (Wildman–Crippen LogP) is 2.85. The van der Waals surface area contributed by atoms with Gasteiger partial charge in [0.25, 0.3) is 0 Å². The first-order valence-corrected chi connectivity index (χ1v) is 8.74. The van der Waals surface area contributed by atoms with E-state index < -0.39 is 0 Å². The van der Waals surface area contributed by atoms with Crippen molar-refractivity contribution in [1.29, 1.82) is 0 Å². The Morgan fingerprint density at radius 1 is 1.38 bits per heavy atom. The van der Waals surface area contributed by atoms with E-state index in [9.17, 15) is 4.79 Å². The first-order chi connectivity index (χ1) is 11.7. The van der Waals surface area contributed by atoms with Crippen LogP contribution in [0.15, 0.2) is 36.2 Å². The summed E-state index contributed by atoms with van der Waals surface area (Å²) in [6, 6.07) is 7.87. The summed E-state index contributed by atoms with van der Waals surface area (Å²) >= 11 is 0. The Hall–Kier alpha value is -2.01. The molecule has 0 saturated carbocycles. The Morgan fingerprint density at radius 2 is 2.17 bits per heavy atom. The van der Waals surface area contributed by atoms with Crippen LogP contribution in [0.1, 0.15) is 48.1 Å². The summed E-state index contributed by atoms with van der Waals surface area (Å²) in [5, 5.41) is 3.50. The maximum atomic E-state index is 11.5. The van der Waals surface area contributed by atoms with Crippen molar-refractivity contribution < 1.29 is 14.3 Å². The Morgan fingerprint density at radius 3 is 2.88 bits per heavy atom. The molecule has 5 heteroatoms. The Labute approximate surface area is 143 Å². The number of methoxy groups -OCH3 is 1. The lowest BCUT2D eigenvalue weighted by molar-refractivity contribution is -0.00456. The van der Waals surface area contributed by atoms with Gasteiger partial charge in [0.1, 0.15) is 0 Å². The SMILES string of the molecule is CCCCC1OCCN2CC(c3ccc(C(=O)OC)cc3)NC=C12. The van der Waals surface area contributed by atoms with Crippen LogP contribution in [0.3, 0.4) is 0 Å². The van der Waals surface area contributed by atoms with Crippen LogP contribution in [0.5, 0.6) is 0 Å². The molecule has 1 N–H and O–H groups in total. The van der Waals surface area contributed by atoms with Gasteiger partial charge < -0.3 is 19.7 Å². The molecule has 24 heavy (non-hydrogen) atoms. The number of morpholine rings is 1. The third-order valence-corrected chi connectivity index (χ3v) is 4.76. The van der Waals surface area contributed by atoms with E-state index in [-0.39, 0.29) is 18.1 Å². The fourth-order valence-corrected chi connectivity index (χ4v) is 3.35. The number of unbranched alkanes of at least 4 members (excludes halogenated alkanes) is 1. The summed E-state index contributed by atoms with van der Waals surface area (Å²) < 4.78 is 10.7. The van der Waals surface area contributed by atoms with E-state index in [0.717, 1.165) is 26.1 Å². The highest BCUT2D eigenvalue weighted by molar-refractivity contribution is 5.89. The Bertz CT molecular complexity index is 597. The van der Waals surface area contributed by atoms with Crippen molar-refractivity contribution >= 4 is 5.97 Å². The summed E-state index contributed by atoms with van der Waals surface area (Å²) in [6.07, 6.45) is 5.79. The average Bonchev–Trinajstić information content (AvgIpc) is 2.65. The highest BCUT2D eigenvalue weighted by Gasteiger charge is 2.30. The summed E-state index contributed by atoms with van der Waals surface area (Å²) in [7, 11) is 1.40. The zero-order valence-corrected chi connectivity index (χ0v) is 14.5. The van der Waals surface area contributed by atoms with Crippen LogP contribution in [-0.4, -0.2) is 43.8 Å². The number of esters is 1. The van der Waals surface area contributed by atoms with Gasteiger partial charge in [-0.05, 0) is 24.1 Å². The van der Waals surface area contributed by atoms with E-state index in [1.807, 2.05) is 24.3 Å². The summed E-state index contributed by atoms with van der Waals surface area (Å²) in [5.41, 5.74) is 3.03. The minimum absolute atomic E-state index is 0.217. The maximum Gasteiger partial charge on any atom is 0.337 e. The van der Waals surface area contributed by atoms with Gasteiger partial charge in [-0.25, -0.2) is 4.79 Å². The molecular weight excluding hydrogens is 304 g/mol. The topological polar surface area (TPSA) is 50.8 Å². The van der Waals surface area contributed by atoms with E-state index >= 15 is 0 Å². The van der Waals surface area contributed by atoms with Crippen molar-refractivity contribution in [3.63, 3.8) is 0 Å². The van der Waals surface area contributed by atoms with Crippen LogP contribution < -0.4 is 5.32 Å². The number of carbonyl (C=O) groups is 1. The second-order valence-corrected chi connectivity index (χ2v) is 6.35. The van der Waals surface area contributed by atoms with E-state index in [1.54, 1.807) is 0 Å². The molecule has 2 heterocycles. The van der Waals surface area contributed by atoms with Crippen LogP contribution >= 0.6 is 0 Å². The molecule has 1 saturated heterocycles. The largest absolute Gasteiger partial charge is 0.465 e. The molecule has 3 rings (SSSR count). The zero-order valence-electron chi connectivity index (χ0n) is 14.5. The molecule has 0 spiro atoms. The van der Waals surface area contributed by atoms with Gasteiger partial charge in [-0.2, -0.15) is 0 Å². The molecule has 1 aromatic carbocycles. The minimum atomic E-state index is -0.299. The average molecular weight is 330 g/mol. The Kier molecular flexibility index (Phi) is 5.41. The first-order valence-electron chi connectivity index (χ1n) is 8.74. The van der Waals surface area contributed by atoms with Crippen molar-refractivity contribution in [2.45, 2.75) is 38.3 Å². The van der Waals surface area contributed by atoms with E-state index in [1.165, 1.54) is 31.2 Å². The normalized spacial score (nSPS) is 23.1. The lowest BCUT2D eigenvalue weighted by Gasteiger charge is -2.42. The standard InChI is InChI=1S/C19H26N2O3/c1-3-4-5-18-17-12-20-16(13-21(17)10-11-24-18)14-6-8-15(9-7-14)19(22)23-2/h6-9,12,16,18,20H,3-5,10-11,13H2,1-2H3. The van der Waals surface area contributed by atoms with Gasteiger partial charge in [0, 0.05) is 19.3 Å². The van der Waals surface area contributed by atoms with Crippen LogP contribution in [0.4, 0.5) is 0 Å². The van der Waals surface area contributed by atoms with Crippen molar-refractivity contribution in [1.82, 2.24) is 10.2 Å². The van der Waals surface area contributed by atoms with E-state index in [2.05, 4.69) is 23.3 Å². The maximum absolute atomic E-state index is 11.5. The molecule has 1 fully saturated rings. The number of hydrogen-bond donors (Lipinski definition) is 1. The minimum Gasteiger partial charge on any atom is -0.465 e. The van der Waals surface area contributed by atoms with Gasteiger partial charge in [-0.1, -0.05) is 31.9 Å². The molecule has 1 aromatic rings. The predicted molar refractivity (Wildman–Crippen MR) is 92.6 cm³/mol. The highest BCUT2D eigenvalue weighted by atomic mass is 16.5. The number of carbonyl (C=O) groups excluding carboxylic acids is 1. The number of fused-ring (bicyclic) bond motifs is 1. The number of ether oxygens (including phenoxy) is 2. The Balaban J connectivity index is 1.70. The second-order valence-electron chi connectivity index (χ2n) is 6.35. The molecule has 5 nitrogen and oxygen atoms in total. The number of rotatable bonds is 5. The molecule has 0 radical (unpaired) electrons. The molecule has 0 amide bonds. The van der Waals surface area contributed by atoms with Crippen molar-refractivity contribution in [3.05, 3.63) is 47.3 Å². The summed E-state index contributed by atoms with van der Waals surface area (Å²) in [4.78, 5) is 14.0. The van der Waals surface area contributed by atoms with Gasteiger partial charge in [-0.15, -0.1) is 0 Å². The molecule has 2 atom stereocenters. The second kappa shape index (κ2) is 7.71. The molecule has 2 aliphatic heterocycles. The number of nitrogens with one attached hydrogen (secondary N) is 1. The van der Waals surface area contributed by atoms with Crippen molar-refractivity contribution in [2.75, 3.05) is 26.8 Å². The van der Waals surface area contributed by atoms with Crippen LogP contribution in [0.25, 0.3) is 0 Å². The fraction of sp³-hybridized carbons (Fsp3) is 0.526. The zero-order chi connectivity index (χ0) is 16.9. The smallest absolute Gasteiger partial charge is 0.337 e. The molecular formula is C19H26N2O3. The number of benzene rings is 1. The summed E-state index contributed by atoms with van der Waals surface area (Å²) in [6.45, 7) is 4.87. The highest BCUT2D eigenvalue weighted by Crippen LogP contribution is 2.28. The molecule has 2 unspecified atom stereocenters. The summed E-state index contributed by atoms with van der Waals surface area (Å²) in [5.74, 6) is -0.299. The third-order valence-electron chi connectivity index (χ3n) is 4.76. The molecule has 130 valence electrons. The number of nitrogens with zero attached hydrogens (tertiary/aromatic N) is 1. The lowest BCUT2D eigenvalue weighted by Crippen LogP contribution is -2.47. The van der Waals surface area contributed by atoms with Gasteiger partial charge >= 0.3 is 5.97 Å². The monoisotopic (exact) mass is 330 g/mol. The van der Waals surface area contributed by atoms with Gasteiger partial charge in [0.2, 0.25) is 0 Å². The third kappa shape index (κ3) is 3.56. The molecule has 0 aromatic heterocycles. The van der Waals surface area contributed by atoms with Crippen molar-refractivity contribution in [3.8, 4) is 0 Å². The van der Waals surface area contributed by atoms with E-state index in [4.69, 9.17) is 9.47 Å². The molecule has 2 aliphatic rings. The van der Waals surface area contributed by atoms with Gasteiger partial charge in [0.05, 0.1) is 37.1 Å². The molecule has 0 aliphatic carbocycles. The number of hydrogen-bond acceptors (Lipinski definition) is 5. The quantitative estimate of drug-likeness (QED) is 0.841. The van der Waals surface area contributed by atoms with E-state index in [0.29, 0.717) is 5.56 Å². The van der Waals surface area contributed by atoms with Crippen LogP contribution in [0, 0.1) is 0 Å². The van der Waals surface area contributed by atoms with Gasteiger partial charge in [-0.3, -0.25) is 0 Å². The fourth-order valence-electron chi connectivity index (χ4n) is 3.35. The first kappa shape index (κ1) is 16.8. The van der Waals surface area contributed by atoms with Crippen LogP contribution in [-0.2, 0) is 9.47 Å². The van der Waals surface area contributed by atoms with Gasteiger partial charge in [0.15, 0.2) is 0 Å². The lowest BCUT2D eigenvalue weighted by atomic mass is 10.00. The molecule has 0 bridgehead atoms.